The van der Waals surface area contributed by atoms with Crippen LogP contribution in [0.3, 0.4) is 0 Å². The summed E-state index contributed by atoms with van der Waals surface area (Å²) in [6.07, 6.45) is 0.958. The molecule has 1 rings (SSSR count). The minimum absolute atomic E-state index is 0.101. The fraction of sp³-hybridized carbons (Fsp3) is 0.250. The zero-order valence-electron chi connectivity index (χ0n) is 6.01. The molecule has 66 valence electrons. The van der Waals surface area contributed by atoms with E-state index in [0.29, 0.717) is 11.5 Å². The van der Waals surface area contributed by atoms with E-state index in [1.54, 1.807) is 0 Å². The molecule has 0 saturated carbocycles. The van der Waals surface area contributed by atoms with Crippen LogP contribution in [-0.4, -0.2) is 29.9 Å². The molecular formula is C4H5N3O3S2. The predicted octanol–water partition coefficient (Wildman–Crippen LogP) is -0.960. The van der Waals surface area contributed by atoms with Gasteiger partial charge in [-0.25, -0.2) is 8.42 Å². The van der Waals surface area contributed by atoms with Crippen molar-refractivity contribution < 1.29 is 13.2 Å². The van der Waals surface area contributed by atoms with Crippen LogP contribution >= 0.6 is 11.5 Å². The molecule has 0 bridgehead atoms. The summed E-state index contributed by atoms with van der Waals surface area (Å²) in [5, 5.41) is -0.461. The molecule has 1 aromatic heterocycles. The van der Waals surface area contributed by atoms with E-state index in [4.69, 9.17) is 5.73 Å². The molecule has 0 aliphatic heterocycles. The zero-order chi connectivity index (χ0) is 9.35. The highest BCUT2D eigenvalue weighted by atomic mass is 32.2. The van der Waals surface area contributed by atoms with Crippen LogP contribution in [0.1, 0.15) is 9.80 Å². The summed E-state index contributed by atoms with van der Waals surface area (Å²) in [4.78, 5) is 13.9. The first-order valence-electron chi connectivity index (χ1n) is 2.75. The minimum Gasteiger partial charge on any atom is -0.363 e. The molecule has 0 aliphatic carbocycles. The number of primary amides is 1. The van der Waals surface area contributed by atoms with Crippen molar-refractivity contribution >= 4 is 27.3 Å². The number of sulfone groups is 1. The zero-order valence-corrected chi connectivity index (χ0v) is 7.65. The highest BCUT2D eigenvalue weighted by Crippen LogP contribution is 2.08. The van der Waals surface area contributed by atoms with Crippen molar-refractivity contribution in [3.05, 3.63) is 5.01 Å². The van der Waals surface area contributed by atoms with E-state index in [9.17, 15) is 13.2 Å². The van der Waals surface area contributed by atoms with Gasteiger partial charge in [-0.15, -0.1) is 0 Å². The van der Waals surface area contributed by atoms with Gasteiger partial charge in [0.15, 0.2) is 0 Å². The fourth-order valence-corrected chi connectivity index (χ4v) is 1.85. The molecular weight excluding hydrogens is 202 g/mol. The smallest absolute Gasteiger partial charge is 0.279 e. The van der Waals surface area contributed by atoms with Gasteiger partial charge < -0.3 is 5.73 Å². The maximum atomic E-state index is 10.8. The predicted molar refractivity (Wildman–Crippen MR) is 41.5 cm³/mol. The highest BCUT2D eigenvalue weighted by Gasteiger charge is 2.16. The van der Waals surface area contributed by atoms with Crippen LogP contribution < -0.4 is 5.73 Å². The Kier molecular flexibility index (Phi) is 2.11. The maximum absolute atomic E-state index is 10.8. The molecule has 0 saturated heterocycles. The van der Waals surface area contributed by atoms with Crippen molar-refractivity contribution in [2.45, 2.75) is 5.16 Å². The molecule has 0 aliphatic rings. The molecule has 1 aromatic rings. The SMILES string of the molecule is CS(=O)(=O)c1nsc(C(N)=O)n1. The van der Waals surface area contributed by atoms with E-state index < -0.39 is 15.7 Å². The number of nitrogens with two attached hydrogens (primary N) is 1. The second kappa shape index (κ2) is 2.79. The van der Waals surface area contributed by atoms with Gasteiger partial charge >= 0.3 is 0 Å². The van der Waals surface area contributed by atoms with Crippen molar-refractivity contribution in [1.29, 1.82) is 0 Å². The molecule has 0 unspecified atom stereocenters. The van der Waals surface area contributed by atoms with Crippen LogP contribution in [0, 0.1) is 0 Å². The molecule has 8 heteroatoms. The van der Waals surface area contributed by atoms with Crippen molar-refractivity contribution in [3.8, 4) is 0 Å². The van der Waals surface area contributed by atoms with E-state index in [0.717, 1.165) is 6.26 Å². The molecule has 2 N–H and O–H groups in total. The van der Waals surface area contributed by atoms with E-state index in [1.807, 2.05) is 0 Å². The Morgan fingerprint density at radius 3 is 2.42 bits per heavy atom. The number of amides is 1. The summed E-state index contributed by atoms with van der Waals surface area (Å²) < 4.78 is 25.0. The average molecular weight is 207 g/mol. The average Bonchev–Trinajstić information content (AvgIpc) is 2.30. The van der Waals surface area contributed by atoms with Crippen molar-refractivity contribution in [2.75, 3.05) is 6.26 Å². The molecule has 0 aromatic carbocycles. The number of carbonyl (C=O) groups excluding carboxylic acids is 1. The first-order valence-corrected chi connectivity index (χ1v) is 5.41. The van der Waals surface area contributed by atoms with Gasteiger partial charge in [-0.3, -0.25) is 4.79 Å². The largest absolute Gasteiger partial charge is 0.363 e. The molecule has 1 amide bonds. The van der Waals surface area contributed by atoms with Gasteiger partial charge in [0.05, 0.1) is 0 Å². The van der Waals surface area contributed by atoms with Gasteiger partial charge in [-0.2, -0.15) is 9.36 Å². The standard InChI is InChI=1S/C4H5N3O3S2/c1-12(9,10)4-6-3(2(5)8)11-7-4/h1H3,(H2,5,8). The summed E-state index contributed by atoms with van der Waals surface area (Å²) >= 11 is 0.670. The third-order valence-corrected chi connectivity index (χ3v) is 2.64. The Hall–Kier alpha value is -1.02. The molecule has 0 radical (unpaired) electrons. The van der Waals surface area contributed by atoms with Crippen LogP contribution in [0.5, 0.6) is 0 Å². The van der Waals surface area contributed by atoms with Crippen LogP contribution in [0.15, 0.2) is 5.16 Å². The quantitative estimate of drug-likeness (QED) is 0.672. The number of nitrogens with zero attached hydrogens (tertiary/aromatic N) is 2. The van der Waals surface area contributed by atoms with Crippen LogP contribution in [-0.2, 0) is 9.84 Å². The number of aromatic nitrogens is 2. The summed E-state index contributed by atoms with van der Waals surface area (Å²) in [5.41, 5.74) is 4.84. The Labute approximate surface area is 72.5 Å². The lowest BCUT2D eigenvalue weighted by Gasteiger charge is -1.85. The number of hydrogen-bond acceptors (Lipinski definition) is 6. The van der Waals surface area contributed by atoms with Gasteiger partial charge in [0.25, 0.3) is 11.1 Å². The van der Waals surface area contributed by atoms with E-state index in [-0.39, 0.29) is 10.2 Å². The molecule has 12 heavy (non-hydrogen) atoms. The van der Waals surface area contributed by atoms with E-state index in [2.05, 4.69) is 9.36 Å². The lowest BCUT2D eigenvalue weighted by molar-refractivity contribution is 0.0999. The summed E-state index contributed by atoms with van der Waals surface area (Å²) in [5.74, 6) is -0.776. The van der Waals surface area contributed by atoms with E-state index in [1.165, 1.54) is 0 Å². The van der Waals surface area contributed by atoms with Crippen LogP contribution in [0.4, 0.5) is 0 Å². The minimum atomic E-state index is -3.44. The summed E-state index contributed by atoms with van der Waals surface area (Å²) in [6.45, 7) is 0. The molecule has 1 heterocycles. The van der Waals surface area contributed by atoms with Gasteiger partial charge in [-0.1, -0.05) is 0 Å². The topological polar surface area (TPSA) is 103 Å². The summed E-state index contributed by atoms with van der Waals surface area (Å²) in [6, 6.07) is 0. The van der Waals surface area contributed by atoms with Crippen molar-refractivity contribution in [1.82, 2.24) is 9.36 Å². The number of rotatable bonds is 2. The van der Waals surface area contributed by atoms with Gasteiger partial charge in [0, 0.05) is 6.26 Å². The van der Waals surface area contributed by atoms with Crippen molar-refractivity contribution in [3.63, 3.8) is 0 Å². The molecule has 0 spiro atoms. The third kappa shape index (κ3) is 1.77. The number of hydrogen-bond donors (Lipinski definition) is 1. The van der Waals surface area contributed by atoms with Crippen LogP contribution in [0.25, 0.3) is 0 Å². The molecule has 0 atom stereocenters. The Morgan fingerprint density at radius 1 is 1.58 bits per heavy atom. The monoisotopic (exact) mass is 207 g/mol. The lowest BCUT2D eigenvalue weighted by atomic mass is 10.7. The summed E-state index contributed by atoms with van der Waals surface area (Å²) in [7, 11) is -3.44. The second-order valence-electron chi connectivity index (χ2n) is 2.02. The van der Waals surface area contributed by atoms with Crippen LogP contribution in [0.2, 0.25) is 0 Å². The molecule has 6 nitrogen and oxygen atoms in total. The van der Waals surface area contributed by atoms with Gasteiger partial charge in [-0.05, 0) is 11.5 Å². The Morgan fingerprint density at radius 2 is 2.17 bits per heavy atom. The highest BCUT2D eigenvalue weighted by molar-refractivity contribution is 7.90. The van der Waals surface area contributed by atoms with Gasteiger partial charge in [0.2, 0.25) is 14.8 Å². The number of carbonyl (C=O) groups is 1. The maximum Gasteiger partial charge on any atom is 0.279 e. The third-order valence-electron chi connectivity index (χ3n) is 0.950. The lowest BCUT2D eigenvalue weighted by Crippen LogP contribution is -2.10. The van der Waals surface area contributed by atoms with E-state index >= 15 is 0 Å². The first-order chi connectivity index (χ1) is 5.41. The Bertz CT molecular complexity index is 407. The first kappa shape index (κ1) is 9.07. The Balaban J connectivity index is 3.17. The van der Waals surface area contributed by atoms with Crippen molar-refractivity contribution in [2.24, 2.45) is 5.73 Å². The molecule has 0 fully saturated rings. The normalized spacial score (nSPS) is 11.4. The second-order valence-corrected chi connectivity index (χ2v) is 4.68. The van der Waals surface area contributed by atoms with Gasteiger partial charge in [0.1, 0.15) is 0 Å². The fourth-order valence-electron chi connectivity index (χ4n) is 0.461.